The summed E-state index contributed by atoms with van der Waals surface area (Å²) in [7, 11) is 0. The van der Waals surface area contributed by atoms with Crippen molar-refractivity contribution in [3.63, 3.8) is 0 Å². The van der Waals surface area contributed by atoms with Gasteiger partial charge in [-0.3, -0.25) is 4.79 Å². The average Bonchev–Trinajstić information content (AvgIpc) is 2.41. The van der Waals surface area contributed by atoms with Gasteiger partial charge in [0.25, 0.3) is 0 Å². The normalized spacial score (nSPS) is 22.7. The van der Waals surface area contributed by atoms with Crippen molar-refractivity contribution in [3.8, 4) is 0 Å². The third kappa shape index (κ3) is 2.94. The first-order valence-corrected chi connectivity index (χ1v) is 6.36. The molecule has 1 rings (SSSR count). The number of carbonyl (C=O) groups excluding carboxylic acids is 1. The SMILES string of the molecule is CC1CCCN(C(=O)C(C)(C)C(N)=S)CC1. The van der Waals surface area contributed by atoms with Crippen LogP contribution in [0.5, 0.6) is 0 Å². The molecule has 0 saturated carbocycles. The number of nitrogens with zero attached hydrogens (tertiary/aromatic N) is 1. The first-order chi connectivity index (χ1) is 7.35. The summed E-state index contributed by atoms with van der Waals surface area (Å²) in [5.41, 5.74) is 4.92. The zero-order chi connectivity index (χ0) is 12.3. The van der Waals surface area contributed by atoms with Crippen LogP contribution < -0.4 is 5.73 Å². The summed E-state index contributed by atoms with van der Waals surface area (Å²) in [5.74, 6) is 0.792. The minimum Gasteiger partial charge on any atom is -0.392 e. The molecule has 1 atom stereocenters. The van der Waals surface area contributed by atoms with Crippen LogP contribution in [0.1, 0.15) is 40.0 Å². The van der Waals surface area contributed by atoms with E-state index in [4.69, 9.17) is 18.0 Å². The van der Waals surface area contributed by atoms with E-state index in [9.17, 15) is 4.79 Å². The lowest BCUT2D eigenvalue weighted by Gasteiger charge is -2.30. The third-order valence-corrected chi connectivity index (χ3v) is 3.96. The second-order valence-corrected chi connectivity index (χ2v) is 5.76. The molecule has 2 N–H and O–H groups in total. The van der Waals surface area contributed by atoms with Gasteiger partial charge in [0.2, 0.25) is 5.91 Å². The fourth-order valence-corrected chi connectivity index (χ4v) is 2.05. The first-order valence-electron chi connectivity index (χ1n) is 5.95. The Balaban J connectivity index is 2.70. The number of carbonyl (C=O) groups is 1. The van der Waals surface area contributed by atoms with Crippen LogP contribution in [0.15, 0.2) is 0 Å². The molecular formula is C12H22N2OS. The van der Waals surface area contributed by atoms with E-state index in [2.05, 4.69) is 6.92 Å². The fourth-order valence-electron chi connectivity index (χ4n) is 1.97. The summed E-state index contributed by atoms with van der Waals surface area (Å²) in [6, 6.07) is 0. The molecule has 92 valence electrons. The van der Waals surface area contributed by atoms with Crippen molar-refractivity contribution in [2.24, 2.45) is 17.1 Å². The summed E-state index contributed by atoms with van der Waals surface area (Å²) in [6.45, 7) is 7.55. The quantitative estimate of drug-likeness (QED) is 0.753. The minimum absolute atomic E-state index is 0.0779. The Hall–Kier alpha value is -0.640. The second kappa shape index (κ2) is 5.13. The highest BCUT2D eigenvalue weighted by molar-refractivity contribution is 7.80. The van der Waals surface area contributed by atoms with Gasteiger partial charge in [0, 0.05) is 13.1 Å². The predicted molar refractivity (Wildman–Crippen MR) is 70.2 cm³/mol. The van der Waals surface area contributed by atoms with Gasteiger partial charge in [0.1, 0.15) is 0 Å². The maximum absolute atomic E-state index is 12.3. The van der Waals surface area contributed by atoms with E-state index in [1.54, 1.807) is 0 Å². The molecule has 1 saturated heterocycles. The van der Waals surface area contributed by atoms with Gasteiger partial charge in [-0.1, -0.05) is 19.1 Å². The van der Waals surface area contributed by atoms with Crippen LogP contribution in [-0.4, -0.2) is 28.9 Å². The first kappa shape index (κ1) is 13.4. The molecule has 0 bridgehead atoms. The van der Waals surface area contributed by atoms with Crippen LogP contribution in [0.4, 0.5) is 0 Å². The standard InChI is InChI=1S/C12H22N2OS/c1-9-5-4-7-14(8-6-9)11(15)12(2,3)10(13)16/h9H,4-8H2,1-3H3,(H2,13,16). The summed E-state index contributed by atoms with van der Waals surface area (Å²) >= 11 is 4.96. The second-order valence-electron chi connectivity index (χ2n) is 5.32. The minimum atomic E-state index is -0.705. The van der Waals surface area contributed by atoms with Crippen molar-refractivity contribution in [2.75, 3.05) is 13.1 Å². The molecular weight excluding hydrogens is 220 g/mol. The molecule has 1 unspecified atom stereocenters. The van der Waals surface area contributed by atoms with Crippen molar-refractivity contribution in [1.82, 2.24) is 4.90 Å². The largest absolute Gasteiger partial charge is 0.392 e. The zero-order valence-corrected chi connectivity index (χ0v) is 11.3. The van der Waals surface area contributed by atoms with Crippen molar-refractivity contribution in [3.05, 3.63) is 0 Å². The van der Waals surface area contributed by atoms with Gasteiger partial charge in [-0.2, -0.15) is 0 Å². The molecule has 0 aromatic rings. The Kier molecular flexibility index (Phi) is 4.30. The smallest absolute Gasteiger partial charge is 0.235 e. The maximum Gasteiger partial charge on any atom is 0.235 e. The van der Waals surface area contributed by atoms with E-state index in [-0.39, 0.29) is 10.9 Å². The summed E-state index contributed by atoms with van der Waals surface area (Å²) in [6.07, 6.45) is 3.37. The van der Waals surface area contributed by atoms with Crippen LogP contribution >= 0.6 is 12.2 Å². The summed E-state index contributed by atoms with van der Waals surface area (Å²) in [4.78, 5) is 14.5. The molecule has 1 fully saturated rings. The number of rotatable bonds is 2. The summed E-state index contributed by atoms with van der Waals surface area (Å²) < 4.78 is 0. The highest BCUT2D eigenvalue weighted by Crippen LogP contribution is 2.23. The van der Waals surface area contributed by atoms with E-state index in [0.29, 0.717) is 5.92 Å². The van der Waals surface area contributed by atoms with Gasteiger partial charge >= 0.3 is 0 Å². The maximum atomic E-state index is 12.3. The lowest BCUT2D eigenvalue weighted by molar-refractivity contribution is -0.136. The Morgan fingerprint density at radius 1 is 1.38 bits per heavy atom. The molecule has 0 aliphatic carbocycles. The van der Waals surface area contributed by atoms with Gasteiger partial charge in [0.15, 0.2) is 0 Å². The van der Waals surface area contributed by atoms with E-state index >= 15 is 0 Å². The molecule has 0 aromatic carbocycles. The monoisotopic (exact) mass is 242 g/mol. The highest BCUT2D eigenvalue weighted by atomic mass is 32.1. The highest BCUT2D eigenvalue weighted by Gasteiger charge is 2.35. The van der Waals surface area contributed by atoms with Crippen LogP contribution in [0, 0.1) is 11.3 Å². The molecule has 1 amide bonds. The molecule has 0 spiro atoms. The fraction of sp³-hybridized carbons (Fsp3) is 0.833. The zero-order valence-electron chi connectivity index (χ0n) is 10.5. The summed E-state index contributed by atoms with van der Waals surface area (Å²) in [5, 5.41) is 0. The van der Waals surface area contributed by atoms with Crippen LogP contribution in [-0.2, 0) is 4.79 Å². The third-order valence-electron chi connectivity index (χ3n) is 3.45. The van der Waals surface area contributed by atoms with Gasteiger partial charge in [-0.15, -0.1) is 0 Å². The number of hydrogen-bond donors (Lipinski definition) is 1. The molecule has 0 aromatic heterocycles. The Bertz CT molecular complexity index is 289. The lowest BCUT2D eigenvalue weighted by atomic mass is 9.91. The van der Waals surface area contributed by atoms with Crippen molar-refractivity contribution in [2.45, 2.75) is 40.0 Å². The Labute approximate surface area is 103 Å². The van der Waals surface area contributed by atoms with Crippen LogP contribution in [0.25, 0.3) is 0 Å². The van der Waals surface area contributed by atoms with Crippen LogP contribution in [0.3, 0.4) is 0 Å². The number of amides is 1. The molecule has 0 radical (unpaired) electrons. The molecule has 1 aliphatic rings. The van der Waals surface area contributed by atoms with Crippen LogP contribution in [0.2, 0.25) is 0 Å². The van der Waals surface area contributed by atoms with Crippen molar-refractivity contribution in [1.29, 1.82) is 0 Å². The molecule has 16 heavy (non-hydrogen) atoms. The molecule has 4 heteroatoms. The Morgan fingerprint density at radius 3 is 2.56 bits per heavy atom. The van der Waals surface area contributed by atoms with E-state index < -0.39 is 5.41 Å². The van der Waals surface area contributed by atoms with Gasteiger partial charge < -0.3 is 10.6 Å². The molecule has 1 aliphatic heterocycles. The molecule has 1 heterocycles. The van der Waals surface area contributed by atoms with Crippen molar-refractivity contribution >= 4 is 23.1 Å². The van der Waals surface area contributed by atoms with Gasteiger partial charge in [0.05, 0.1) is 10.4 Å². The lowest BCUT2D eigenvalue weighted by Crippen LogP contribution is -2.47. The van der Waals surface area contributed by atoms with E-state index in [1.807, 2.05) is 18.7 Å². The number of thiocarbonyl (C=S) groups is 1. The molecule has 3 nitrogen and oxygen atoms in total. The van der Waals surface area contributed by atoms with Gasteiger partial charge in [-0.25, -0.2) is 0 Å². The van der Waals surface area contributed by atoms with E-state index in [1.165, 1.54) is 6.42 Å². The number of likely N-dealkylation sites (tertiary alicyclic amines) is 1. The van der Waals surface area contributed by atoms with Gasteiger partial charge in [-0.05, 0) is 39.0 Å². The Morgan fingerprint density at radius 2 is 2.00 bits per heavy atom. The topological polar surface area (TPSA) is 46.3 Å². The average molecular weight is 242 g/mol. The van der Waals surface area contributed by atoms with E-state index in [0.717, 1.165) is 25.9 Å². The number of nitrogens with two attached hydrogens (primary N) is 1. The predicted octanol–water partition coefficient (Wildman–Crippen LogP) is 1.95. The number of hydrogen-bond acceptors (Lipinski definition) is 2. The van der Waals surface area contributed by atoms with Crippen molar-refractivity contribution < 1.29 is 4.79 Å².